The van der Waals surface area contributed by atoms with Gasteiger partial charge in [0.2, 0.25) is 0 Å². The van der Waals surface area contributed by atoms with Gasteiger partial charge in [-0.05, 0) is 85.7 Å². The highest BCUT2D eigenvalue weighted by Crippen LogP contribution is 2.43. The Hall–Kier alpha value is -4.02. The van der Waals surface area contributed by atoms with Gasteiger partial charge in [-0.1, -0.05) is 157 Å². The molecule has 0 saturated carbocycles. The lowest BCUT2D eigenvalue weighted by molar-refractivity contribution is -0.870. The van der Waals surface area contributed by atoms with Crippen LogP contribution in [0.15, 0.2) is 103 Å². The average Bonchev–Trinajstić information content (AvgIpc) is 3.22. The smallest absolute Gasteiger partial charge is 0.178 e. The predicted molar refractivity (Wildman–Crippen MR) is 238 cm³/mol. The average molecular weight is 759 g/mol. The van der Waals surface area contributed by atoms with Crippen LogP contribution in [0.25, 0.3) is 17.2 Å². The first-order chi connectivity index (χ1) is 27.4. The fourth-order valence-electron chi connectivity index (χ4n) is 7.79. The molecule has 56 heavy (non-hydrogen) atoms. The molecule has 1 atom stereocenters. The van der Waals surface area contributed by atoms with Crippen molar-refractivity contribution in [1.29, 1.82) is 0 Å². The minimum atomic E-state index is -0.730. The van der Waals surface area contributed by atoms with Crippen LogP contribution in [0.4, 0.5) is 0 Å². The number of nitrogens with zero attached hydrogens (tertiary/aromatic N) is 1. The van der Waals surface area contributed by atoms with Gasteiger partial charge in [0.05, 0.1) is 40.9 Å². The number of rotatable bonds is 27. The summed E-state index contributed by atoms with van der Waals surface area (Å²) in [5, 5.41) is 0. The highest BCUT2D eigenvalue weighted by molar-refractivity contribution is 5.73. The van der Waals surface area contributed by atoms with Gasteiger partial charge >= 0.3 is 0 Å². The summed E-state index contributed by atoms with van der Waals surface area (Å²) in [4.78, 5) is 0. The maximum atomic E-state index is 6.97. The molecule has 0 saturated heterocycles. The summed E-state index contributed by atoms with van der Waals surface area (Å²) < 4.78 is 20.3. The van der Waals surface area contributed by atoms with Crippen molar-refractivity contribution in [3.05, 3.63) is 120 Å². The number of ether oxygens (including phenoxy) is 3. The van der Waals surface area contributed by atoms with Crippen LogP contribution in [-0.4, -0.2) is 45.4 Å². The van der Waals surface area contributed by atoms with Crippen LogP contribution in [-0.2, 0) is 5.60 Å². The van der Waals surface area contributed by atoms with Gasteiger partial charge in [0.15, 0.2) is 5.60 Å². The molecule has 302 valence electrons. The minimum absolute atomic E-state index is 0.730. The second kappa shape index (κ2) is 23.3. The highest BCUT2D eigenvalue weighted by Gasteiger charge is 2.37. The molecular weight excluding hydrogens is 687 g/mol. The zero-order chi connectivity index (χ0) is 39.3. The fraction of sp³-hybridized carbons (Fsp3) is 0.500. The van der Waals surface area contributed by atoms with Crippen molar-refractivity contribution >= 4 is 6.08 Å². The van der Waals surface area contributed by atoms with Gasteiger partial charge in [0.1, 0.15) is 17.2 Å². The van der Waals surface area contributed by atoms with Gasteiger partial charge in [0, 0.05) is 16.7 Å². The van der Waals surface area contributed by atoms with E-state index in [2.05, 4.69) is 137 Å². The molecule has 0 aliphatic carbocycles. The molecule has 0 N–H and O–H groups in total. The van der Waals surface area contributed by atoms with E-state index in [0.29, 0.717) is 0 Å². The van der Waals surface area contributed by atoms with Crippen molar-refractivity contribution in [3.63, 3.8) is 0 Å². The van der Waals surface area contributed by atoms with E-state index in [4.69, 9.17) is 14.2 Å². The molecule has 0 amide bonds. The molecule has 0 fully saturated rings. The second-order valence-electron chi connectivity index (χ2n) is 17.1. The maximum Gasteiger partial charge on any atom is 0.178 e. The van der Waals surface area contributed by atoms with Crippen LogP contribution >= 0.6 is 0 Å². The summed E-state index contributed by atoms with van der Waals surface area (Å²) in [6.07, 6.45) is 28.4. The Morgan fingerprint density at radius 3 is 1.54 bits per heavy atom. The van der Waals surface area contributed by atoms with Crippen LogP contribution in [0.3, 0.4) is 0 Å². The normalized spacial score (nSPS) is 15.0. The Morgan fingerprint density at radius 1 is 0.500 bits per heavy atom. The largest absolute Gasteiger partial charge is 0.494 e. The molecule has 4 aromatic carbocycles. The van der Waals surface area contributed by atoms with E-state index in [1.165, 1.54) is 115 Å². The van der Waals surface area contributed by atoms with Crippen molar-refractivity contribution in [2.75, 3.05) is 40.9 Å². The first kappa shape index (κ1) is 43.1. The van der Waals surface area contributed by atoms with Crippen LogP contribution in [0.2, 0.25) is 0 Å². The molecule has 1 unspecified atom stereocenters. The topological polar surface area (TPSA) is 27.7 Å². The zero-order valence-corrected chi connectivity index (χ0v) is 35.4. The molecule has 1 aliphatic rings. The third-order valence-corrected chi connectivity index (χ3v) is 11.2. The number of hydrogen-bond donors (Lipinski definition) is 0. The summed E-state index contributed by atoms with van der Waals surface area (Å²) >= 11 is 0. The van der Waals surface area contributed by atoms with E-state index >= 15 is 0 Å². The lowest BCUT2D eigenvalue weighted by Crippen LogP contribution is -2.35. The monoisotopic (exact) mass is 759 g/mol. The van der Waals surface area contributed by atoms with Crippen LogP contribution in [0.1, 0.15) is 139 Å². The SMILES string of the molecule is CCCCCCCCCCCCCCCCOc1ccc(-c2ccc3c(c2)C=CC(c2ccccc2)(c2ccc(OCCCCCC[N+](C)(C)C)cc2)O3)cc1. The van der Waals surface area contributed by atoms with Crippen molar-refractivity contribution in [2.45, 2.75) is 128 Å². The molecular formula is C52H72NO3+. The number of benzene rings is 4. The molecule has 4 aromatic rings. The fourth-order valence-corrected chi connectivity index (χ4v) is 7.79. The molecule has 4 heteroatoms. The standard InChI is InChI=1S/C52H72NO3/c1-5-6-7-8-9-10-11-12-13-14-15-16-18-24-41-54-49-33-28-44(29-34-49)45-30-37-51-46(43-45)38-39-52(56-51,47-26-21-20-22-27-47)48-31-35-50(36-32-48)55-42-25-19-17-23-40-53(2,3)4/h20-22,26-39,43H,5-19,23-25,40-42H2,1-4H3/q+1. The Bertz CT molecular complexity index is 1690. The molecule has 0 aromatic heterocycles. The molecule has 1 heterocycles. The van der Waals surface area contributed by atoms with Crippen LogP contribution in [0.5, 0.6) is 17.2 Å². The third-order valence-electron chi connectivity index (χ3n) is 11.2. The predicted octanol–water partition coefficient (Wildman–Crippen LogP) is 14.2. The number of fused-ring (bicyclic) bond motifs is 1. The number of hydrogen-bond acceptors (Lipinski definition) is 3. The van der Waals surface area contributed by atoms with Gasteiger partial charge < -0.3 is 18.7 Å². The highest BCUT2D eigenvalue weighted by atomic mass is 16.5. The van der Waals surface area contributed by atoms with Crippen molar-refractivity contribution in [3.8, 4) is 28.4 Å². The second-order valence-corrected chi connectivity index (χ2v) is 17.1. The lowest BCUT2D eigenvalue weighted by atomic mass is 9.83. The number of unbranched alkanes of at least 4 members (excludes halogenated alkanes) is 16. The van der Waals surface area contributed by atoms with E-state index in [0.717, 1.165) is 70.0 Å². The Kier molecular flexibility index (Phi) is 17.9. The zero-order valence-electron chi connectivity index (χ0n) is 35.4. The van der Waals surface area contributed by atoms with Crippen LogP contribution < -0.4 is 14.2 Å². The molecule has 0 bridgehead atoms. The first-order valence-corrected chi connectivity index (χ1v) is 22.2. The Morgan fingerprint density at radius 2 is 0.982 bits per heavy atom. The number of quaternary nitrogens is 1. The summed E-state index contributed by atoms with van der Waals surface area (Å²) in [7, 11) is 6.78. The van der Waals surface area contributed by atoms with Crippen molar-refractivity contribution in [2.24, 2.45) is 0 Å². The quantitative estimate of drug-likeness (QED) is 0.0448. The van der Waals surface area contributed by atoms with Gasteiger partial charge in [-0.25, -0.2) is 0 Å². The maximum absolute atomic E-state index is 6.97. The van der Waals surface area contributed by atoms with E-state index in [9.17, 15) is 0 Å². The van der Waals surface area contributed by atoms with E-state index in [1.54, 1.807) is 0 Å². The Balaban J connectivity index is 1.07. The minimum Gasteiger partial charge on any atom is -0.494 e. The van der Waals surface area contributed by atoms with E-state index < -0.39 is 5.60 Å². The molecule has 4 nitrogen and oxygen atoms in total. The molecule has 0 spiro atoms. The summed E-state index contributed by atoms with van der Waals surface area (Å²) in [5.74, 6) is 2.72. The first-order valence-electron chi connectivity index (χ1n) is 22.2. The summed E-state index contributed by atoms with van der Waals surface area (Å²) in [6.45, 7) is 5.04. The van der Waals surface area contributed by atoms with Gasteiger partial charge in [-0.15, -0.1) is 0 Å². The van der Waals surface area contributed by atoms with Gasteiger partial charge in [0.25, 0.3) is 0 Å². The molecule has 0 radical (unpaired) electrons. The Labute approximate surface area is 340 Å². The third kappa shape index (κ3) is 14.2. The summed E-state index contributed by atoms with van der Waals surface area (Å²) in [5.41, 5.74) is 4.85. The molecule has 1 aliphatic heterocycles. The van der Waals surface area contributed by atoms with Gasteiger partial charge in [-0.3, -0.25) is 0 Å². The lowest BCUT2D eigenvalue weighted by Gasteiger charge is -2.36. The van der Waals surface area contributed by atoms with Crippen molar-refractivity contribution in [1.82, 2.24) is 0 Å². The van der Waals surface area contributed by atoms with Gasteiger partial charge in [-0.2, -0.15) is 0 Å². The van der Waals surface area contributed by atoms with E-state index in [-0.39, 0.29) is 0 Å². The molecule has 5 rings (SSSR count). The van der Waals surface area contributed by atoms with Crippen molar-refractivity contribution < 1.29 is 18.7 Å². The summed E-state index contributed by atoms with van der Waals surface area (Å²) in [6, 6.07) is 34.0. The van der Waals surface area contributed by atoms with E-state index in [1.807, 2.05) is 0 Å². The van der Waals surface area contributed by atoms with Crippen LogP contribution in [0, 0.1) is 0 Å².